The maximum Gasteiger partial charge on any atom is 0.193 e. The smallest absolute Gasteiger partial charge is 0.193 e. The molecule has 0 amide bonds. The maximum absolute atomic E-state index is 4.47. The number of likely N-dealkylation sites (N-methyl/N-ethyl adjacent to an activating group) is 1. The molecule has 1 aliphatic heterocycles. The van der Waals surface area contributed by atoms with E-state index in [1.54, 1.807) is 0 Å². The van der Waals surface area contributed by atoms with E-state index in [9.17, 15) is 0 Å². The monoisotopic (exact) mass is 384 g/mol. The molecule has 1 aromatic carbocycles. The van der Waals surface area contributed by atoms with Gasteiger partial charge in [-0.2, -0.15) is 0 Å². The predicted octanol–water partition coefficient (Wildman–Crippen LogP) is 3.36. The Balaban J connectivity index is 1.36. The van der Waals surface area contributed by atoms with Gasteiger partial charge in [-0.15, -0.1) is 11.3 Å². The molecule has 1 N–H and O–H groups in total. The molecule has 0 aliphatic carbocycles. The Morgan fingerprint density at radius 2 is 2.07 bits per heavy atom. The van der Waals surface area contributed by atoms with Crippen molar-refractivity contribution in [3.8, 4) is 0 Å². The summed E-state index contributed by atoms with van der Waals surface area (Å²) in [6, 6.07) is 15.1. The number of hydrogen-bond donors (Lipinski definition) is 1. The Morgan fingerprint density at radius 1 is 1.22 bits per heavy atom. The van der Waals surface area contributed by atoms with Crippen LogP contribution >= 0.6 is 11.3 Å². The molecular formula is C22H32N4S. The van der Waals surface area contributed by atoms with E-state index in [4.69, 9.17) is 0 Å². The number of likely N-dealkylation sites (tertiary alicyclic amines) is 1. The Morgan fingerprint density at radius 3 is 2.81 bits per heavy atom. The van der Waals surface area contributed by atoms with Gasteiger partial charge in [-0.25, -0.2) is 0 Å². The lowest BCUT2D eigenvalue weighted by Gasteiger charge is -2.23. The molecule has 1 atom stereocenters. The van der Waals surface area contributed by atoms with Gasteiger partial charge in [0.15, 0.2) is 5.96 Å². The normalized spacial score (nSPS) is 18.0. The van der Waals surface area contributed by atoms with Crippen molar-refractivity contribution in [3.05, 3.63) is 58.3 Å². The topological polar surface area (TPSA) is 30.9 Å². The van der Waals surface area contributed by atoms with Gasteiger partial charge in [0.2, 0.25) is 0 Å². The van der Waals surface area contributed by atoms with Gasteiger partial charge in [-0.3, -0.25) is 4.99 Å². The van der Waals surface area contributed by atoms with Gasteiger partial charge in [-0.05, 0) is 48.7 Å². The van der Waals surface area contributed by atoms with Crippen molar-refractivity contribution in [1.29, 1.82) is 0 Å². The van der Waals surface area contributed by atoms with Gasteiger partial charge in [0.25, 0.3) is 0 Å². The van der Waals surface area contributed by atoms with Crippen molar-refractivity contribution in [2.45, 2.75) is 19.3 Å². The zero-order valence-corrected chi connectivity index (χ0v) is 17.4. The van der Waals surface area contributed by atoms with Crippen LogP contribution in [0.3, 0.4) is 0 Å². The third kappa shape index (κ3) is 6.36. The molecule has 0 saturated carbocycles. The number of aliphatic imine (C=N–C) groups is 1. The first-order valence-corrected chi connectivity index (χ1v) is 10.8. The first kappa shape index (κ1) is 19.9. The quantitative estimate of drug-likeness (QED) is 0.559. The third-order valence-corrected chi connectivity index (χ3v) is 6.26. The molecule has 1 aromatic heterocycles. The molecule has 0 spiro atoms. The van der Waals surface area contributed by atoms with Crippen molar-refractivity contribution in [2.75, 3.05) is 46.8 Å². The fourth-order valence-electron chi connectivity index (χ4n) is 3.67. The minimum absolute atomic E-state index is 0.711. The Labute approximate surface area is 167 Å². The molecule has 3 rings (SSSR count). The van der Waals surface area contributed by atoms with Gasteiger partial charge < -0.3 is 15.1 Å². The minimum atomic E-state index is 0.711. The summed E-state index contributed by atoms with van der Waals surface area (Å²) in [5.41, 5.74) is 1.44. The van der Waals surface area contributed by atoms with Crippen molar-refractivity contribution in [1.82, 2.24) is 15.1 Å². The number of hydrogen-bond acceptors (Lipinski definition) is 3. The van der Waals surface area contributed by atoms with Gasteiger partial charge in [0.1, 0.15) is 0 Å². The van der Waals surface area contributed by atoms with E-state index in [2.05, 4.69) is 75.0 Å². The summed E-state index contributed by atoms with van der Waals surface area (Å²) >= 11 is 1.83. The van der Waals surface area contributed by atoms with Crippen LogP contribution in [0.1, 0.15) is 16.9 Å². The van der Waals surface area contributed by atoms with E-state index in [1.807, 2.05) is 18.4 Å². The summed E-state index contributed by atoms with van der Waals surface area (Å²) in [5.74, 6) is 1.72. The fraction of sp³-hybridized carbons (Fsp3) is 0.500. The molecule has 0 bridgehead atoms. The average molecular weight is 385 g/mol. The highest BCUT2D eigenvalue weighted by Gasteiger charge is 2.22. The lowest BCUT2D eigenvalue weighted by atomic mass is 10.1. The summed E-state index contributed by atoms with van der Waals surface area (Å²) in [7, 11) is 4.01. The van der Waals surface area contributed by atoms with Crippen LogP contribution in [0.5, 0.6) is 0 Å². The van der Waals surface area contributed by atoms with Crippen LogP contribution in [-0.2, 0) is 12.8 Å². The summed E-state index contributed by atoms with van der Waals surface area (Å²) in [5, 5.41) is 5.73. The Kier molecular flexibility index (Phi) is 7.72. The summed E-state index contributed by atoms with van der Waals surface area (Å²) in [6.45, 7) is 5.57. The van der Waals surface area contributed by atoms with Gasteiger partial charge in [0, 0.05) is 45.2 Å². The zero-order valence-electron chi connectivity index (χ0n) is 16.6. The molecule has 5 heteroatoms. The molecule has 27 heavy (non-hydrogen) atoms. The maximum atomic E-state index is 4.47. The molecule has 0 radical (unpaired) electrons. The van der Waals surface area contributed by atoms with Gasteiger partial charge >= 0.3 is 0 Å². The summed E-state index contributed by atoms with van der Waals surface area (Å²) < 4.78 is 0. The average Bonchev–Trinajstić information content (AvgIpc) is 3.38. The predicted molar refractivity (Wildman–Crippen MR) is 117 cm³/mol. The van der Waals surface area contributed by atoms with Crippen LogP contribution in [0.2, 0.25) is 0 Å². The van der Waals surface area contributed by atoms with E-state index in [1.165, 1.54) is 30.0 Å². The SMILES string of the molecule is CN=C(NCC1CCN(CCc2ccccc2)C1)N(C)CCc1cccs1. The van der Waals surface area contributed by atoms with E-state index >= 15 is 0 Å². The molecule has 4 nitrogen and oxygen atoms in total. The van der Waals surface area contributed by atoms with Crippen molar-refractivity contribution in [3.63, 3.8) is 0 Å². The second kappa shape index (κ2) is 10.5. The number of benzene rings is 1. The summed E-state index contributed by atoms with van der Waals surface area (Å²) in [4.78, 5) is 10.7. The van der Waals surface area contributed by atoms with E-state index in [0.29, 0.717) is 5.92 Å². The number of guanidine groups is 1. The van der Waals surface area contributed by atoms with Crippen molar-refractivity contribution in [2.24, 2.45) is 10.9 Å². The van der Waals surface area contributed by atoms with E-state index in [0.717, 1.165) is 38.4 Å². The van der Waals surface area contributed by atoms with E-state index in [-0.39, 0.29) is 0 Å². The lowest BCUT2D eigenvalue weighted by molar-refractivity contribution is 0.327. The highest BCUT2D eigenvalue weighted by molar-refractivity contribution is 7.09. The second-order valence-corrected chi connectivity index (χ2v) is 8.40. The molecule has 1 aliphatic rings. The molecule has 1 unspecified atom stereocenters. The van der Waals surface area contributed by atoms with Crippen LogP contribution in [0.25, 0.3) is 0 Å². The minimum Gasteiger partial charge on any atom is -0.356 e. The molecule has 1 saturated heterocycles. The number of nitrogens with zero attached hydrogens (tertiary/aromatic N) is 3. The van der Waals surface area contributed by atoms with E-state index < -0.39 is 0 Å². The Bertz CT molecular complexity index is 684. The van der Waals surface area contributed by atoms with Gasteiger partial charge in [0.05, 0.1) is 0 Å². The zero-order chi connectivity index (χ0) is 18.9. The molecular weight excluding hydrogens is 352 g/mol. The van der Waals surface area contributed by atoms with Crippen molar-refractivity contribution < 1.29 is 0 Å². The van der Waals surface area contributed by atoms with Gasteiger partial charge in [-0.1, -0.05) is 36.4 Å². The third-order valence-electron chi connectivity index (χ3n) is 5.33. The van der Waals surface area contributed by atoms with Crippen molar-refractivity contribution >= 4 is 17.3 Å². The molecule has 2 aromatic rings. The first-order chi connectivity index (χ1) is 13.2. The number of rotatable bonds is 8. The Hall–Kier alpha value is -1.85. The molecule has 2 heterocycles. The second-order valence-electron chi connectivity index (χ2n) is 7.37. The van der Waals surface area contributed by atoms with Crippen LogP contribution in [-0.4, -0.2) is 62.6 Å². The van der Waals surface area contributed by atoms with Crippen LogP contribution < -0.4 is 5.32 Å². The fourth-order valence-corrected chi connectivity index (χ4v) is 4.37. The number of thiophene rings is 1. The molecule has 146 valence electrons. The molecule has 1 fully saturated rings. The van der Waals surface area contributed by atoms with Crippen LogP contribution in [0.15, 0.2) is 52.8 Å². The van der Waals surface area contributed by atoms with Crippen LogP contribution in [0.4, 0.5) is 0 Å². The highest BCUT2D eigenvalue weighted by atomic mass is 32.1. The standard InChI is InChI=1S/C22H32N4S/c1-23-22(25(2)13-12-21-9-6-16-27-21)24-17-20-11-15-26(18-20)14-10-19-7-4-3-5-8-19/h3-9,16,20H,10-15,17-18H2,1-2H3,(H,23,24). The number of nitrogens with one attached hydrogen (secondary N) is 1. The summed E-state index contributed by atoms with van der Waals surface area (Å²) in [6.07, 6.45) is 3.50. The first-order valence-electron chi connectivity index (χ1n) is 9.95. The largest absolute Gasteiger partial charge is 0.356 e. The van der Waals surface area contributed by atoms with Crippen LogP contribution in [0, 0.1) is 5.92 Å². The highest BCUT2D eigenvalue weighted by Crippen LogP contribution is 2.16. The lowest BCUT2D eigenvalue weighted by Crippen LogP contribution is -2.42.